The van der Waals surface area contributed by atoms with Gasteiger partial charge in [-0.25, -0.2) is 4.68 Å². The lowest BCUT2D eigenvalue weighted by atomic mass is 10.1. The molecule has 0 bridgehead atoms. The SMILES string of the molecule is CC(C)NCc1cc(C(C)C)nn(C)c1=O. The van der Waals surface area contributed by atoms with Gasteiger partial charge in [0, 0.05) is 25.2 Å². The predicted octanol–water partition coefficient (Wildman–Crippen LogP) is 1.40. The molecule has 4 heteroatoms. The van der Waals surface area contributed by atoms with E-state index in [2.05, 4.69) is 38.1 Å². The second-order valence-corrected chi connectivity index (χ2v) is 4.71. The summed E-state index contributed by atoms with van der Waals surface area (Å²) in [5.41, 5.74) is 1.73. The molecule has 1 aromatic rings. The van der Waals surface area contributed by atoms with Crippen molar-refractivity contribution >= 4 is 0 Å². The first kappa shape index (κ1) is 12.9. The number of rotatable bonds is 4. The predicted molar refractivity (Wildman–Crippen MR) is 65.5 cm³/mol. The van der Waals surface area contributed by atoms with Gasteiger partial charge in [-0.15, -0.1) is 0 Å². The Kier molecular flexibility index (Phi) is 4.24. The molecule has 1 N–H and O–H groups in total. The normalized spacial score (nSPS) is 11.4. The Morgan fingerprint density at radius 2 is 2.00 bits per heavy atom. The van der Waals surface area contributed by atoms with E-state index in [0.717, 1.165) is 11.3 Å². The van der Waals surface area contributed by atoms with E-state index < -0.39 is 0 Å². The number of nitrogens with one attached hydrogen (secondary N) is 1. The minimum atomic E-state index is -0.0162. The fourth-order valence-corrected chi connectivity index (χ4v) is 1.42. The molecule has 0 aliphatic carbocycles. The zero-order valence-electron chi connectivity index (χ0n) is 10.7. The van der Waals surface area contributed by atoms with Crippen LogP contribution in [0, 0.1) is 0 Å². The van der Waals surface area contributed by atoms with Gasteiger partial charge in [0.05, 0.1) is 5.69 Å². The van der Waals surface area contributed by atoms with Crippen molar-refractivity contribution in [2.75, 3.05) is 0 Å². The largest absolute Gasteiger partial charge is 0.310 e. The van der Waals surface area contributed by atoms with E-state index >= 15 is 0 Å². The van der Waals surface area contributed by atoms with Crippen molar-refractivity contribution in [3.63, 3.8) is 0 Å². The average Bonchev–Trinajstić information content (AvgIpc) is 2.19. The summed E-state index contributed by atoms with van der Waals surface area (Å²) in [4.78, 5) is 11.8. The number of aryl methyl sites for hydroxylation is 1. The van der Waals surface area contributed by atoms with Crippen molar-refractivity contribution in [1.29, 1.82) is 0 Å². The number of nitrogens with zero attached hydrogens (tertiary/aromatic N) is 2. The molecule has 0 aliphatic rings. The van der Waals surface area contributed by atoms with Crippen LogP contribution in [0.4, 0.5) is 0 Å². The lowest BCUT2D eigenvalue weighted by Crippen LogP contribution is -2.30. The van der Waals surface area contributed by atoms with Crippen molar-refractivity contribution in [3.05, 3.63) is 27.7 Å². The van der Waals surface area contributed by atoms with Crippen molar-refractivity contribution in [3.8, 4) is 0 Å². The summed E-state index contributed by atoms with van der Waals surface area (Å²) in [5.74, 6) is 0.338. The maximum absolute atomic E-state index is 11.8. The fraction of sp³-hybridized carbons (Fsp3) is 0.667. The van der Waals surface area contributed by atoms with Gasteiger partial charge in [-0.05, 0) is 12.0 Å². The van der Waals surface area contributed by atoms with Crippen LogP contribution in [0.2, 0.25) is 0 Å². The van der Waals surface area contributed by atoms with Crippen molar-refractivity contribution in [2.45, 2.75) is 46.2 Å². The highest BCUT2D eigenvalue weighted by Crippen LogP contribution is 2.10. The Morgan fingerprint density at radius 3 is 2.50 bits per heavy atom. The molecule has 0 aromatic carbocycles. The van der Waals surface area contributed by atoms with E-state index in [1.807, 2.05) is 6.07 Å². The molecule has 0 unspecified atom stereocenters. The van der Waals surface area contributed by atoms with Gasteiger partial charge in [0.2, 0.25) is 0 Å². The highest BCUT2D eigenvalue weighted by Gasteiger charge is 2.08. The molecule has 0 atom stereocenters. The van der Waals surface area contributed by atoms with Gasteiger partial charge in [0.1, 0.15) is 0 Å². The van der Waals surface area contributed by atoms with Crippen LogP contribution in [0.15, 0.2) is 10.9 Å². The molecule has 0 saturated heterocycles. The number of hydrogen-bond acceptors (Lipinski definition) is 3. The van der Waals surface area contributed by atoms with Gasteiger partial charge in [0.25, 0.3) is 5.56 Å². The number of aromatic nitrogens is 2. The molecule has 0 amide bonds. The van der Waals surface area contributed by atoms with Crippen LogP contribution in [0.3, 0.4) is 0 Å². The summed E-state index contributed by atoms with van der Waals surface area (Å²) >= 11 is 0. The molecular weight excluding hydrogens is 202 g/mol. The van der Waals surface area contributed by atoms with Gasteiger partial charge in [-0.1, -0.05) is 27.7 Å². The lowest BCUT2D eigenvalue weighted by molar-refractivity contribution is 0.570. The summed E-state index contributed by atoms with van der Waals surface area (Å²) in [6.45, 7) is 8.88. The van der Waals surface area contributed by atoms with Crippen molar-refractivity contribution < 1.29 is 0 Å². The van der Waals surface area contributed by atoms with E-state index in [0.29, 0.717) is 18.5 Å². The average molecular weight is 223 g/mol. The van der Waals surface area contributed by atoms with Gasteiger partial charge in [0.15, 0.2) is 0 Å². The third kappa shape index (κ3) is 3.17. The fourth-order valence-electron chi connectivity index (χ4n) is 1.42. The van der Waals surface area contributed by atoms with Crippen molar-refractivity contribution in [2.24, 2.45) is 7.05 Å². The third-order valence-electron chi connectivity index (χ3n) is 2.45. The lowest BCUT2D eigenvalue weighted by Gasteiger charge is -2.11. The van der Waals surface area contributed by atoms with E-state index in [-0.39, 0.29) is 5.56 Å². The van der Waals surface area contributed by atoms with Crippen LogP contribution in [0.5, 0.6) is 0 Å². The quantitative estimate of drug-likeness (QED) is 0.839. The van der Waals surface area contributed by atoms with Gasteiger partial charge >= 0.3 is 0 Å². The molecule has 0 saturated carbocycles. The minimum absolute atomic E-state index is 0.0162. The maximum atomic E-state index is 11.8. The Hall–Kier alpha value is -1.16. The molecule has 90 valence electrons. The topological polar surface area (TPSA) is 46.9 Å². The first-order valence-corrected chi connectivity index (χ1v) is 5.72. The zero-order valence-corrected chi connectivity index (χ0v) is 10.7. The number of hydrogen-bond donors (Lipinski definition) is 1. The van der Waals surface area contributed by atoms with E-state index in [4.69, 9.17) is 0 Å². The van der Waals surface area contributed by atoms with Gasteiger partial charge < -0.3 is 5.32 Å². The van der Waals surface area contributed by atoms with E-state index in [1.54, 1.807) is 7.05 Å². The highest BCUT2D eigenvalue weighted by molar-refractivity contribution is 5.15. The molecule has 0 fully saturated rings. The monoisotopic (exact) mass is 223 g/mol. The summed E-state index contributed by atoms with van der Waals surface area (Å²) in [6, 6.07) is 2.28. The summed E-state index contributed by atoms with van der Waals surface area (Å²) < 4.78 is 1.42. The summed E-state index contributed by atoms with van der Waals surface area (Å²) in [6.07, 6.45) is 0. The molecule has 4 nitrogen and oxygen atoms in total. The van der Waals surface area contributed by atoms with Crippen LogP contribution in [0.1, 0.15) is 44.9 Å². The van der Waals surface area contributed by atoms with Crippen LogP contribution in [0.25, 0.3) is 0 Å². The van der Waals surface area contributed by atoms with E-state index in [9.17, 15) is 4.79 Å². The summed E-state index contributed by atoms with van der Waals surface area (Å²) in [7, 11) is 1.70. The molecule has 1 heterocycles. The Labute approximate surface area is 96.7 Å². The molecule has 1 rings (SSSR count). The van der Waals surface area contributed by atoms with Gasteiger partial charge in [-0.2, -0.15) is 5.10 Å². The molecule has 0 spiro atoms. The maximum Gasteiger partial charge on any atom is 0.270 e. The van der Waals surface area contributed by atoms with Crippen LogP contribution < -0.4 is 10.9 Å². The Balaban J connectivity index is 3.02. The standard InChI is InChI=1S/C12H21N3O/c1-8(2)11-6-10(7-13-9(3)4)12(16)15(5)14-11/h6,8-9,13H,7H2,1-5H3. The molecule has 0 radical (unpaired) electrons. The second-order valence-electron chi connectivity index (χ2n) is 4.71. The smallest absolute Gasteiger partial charge is 0.270 e. The molecule has 16 heavy (non-hydrogen) atoms. The minimum Gasteiger partial charge on any atom is -0.310 e. The zero-order chi connectivity index (χ0) is 12.3. The van der Waals surface area contributed by atoms with Gasteiger partial charge in [-0.3, -0.25) is 4.79 Å². The third-order valence-corrected chi connectivity index (χ3v) is 2.45. The Morgan fingerprint density at radius 1 is 1.38 bits per heavy atom. The van der Waals surface area contributed by atoms with Crippen LogP contribution >= 0.6 is 0 Å². The summed E-state index contributed by atoms with van der Waals surface area (Å²) in [5, 5.41) is 7.49. The van der Waals surface area contributed by atoms with Crippen LogP contribution in [-0.2, 0) is 13.6 Å². The molecule has 1 aromatic heterocycles. The first-order chi connectivity index (χ1) is 7.41. The Bertz CT molecular complexity index is 407. The molecular formula is C12H21N3O. The van der Waals surface area contributed by atoms with E-state index in [1.165, 1.54) is 4.68 Å². The first-order valence-electron chi connectivity index (χ1n) is 5.72. The van der Waals surface area contributed by atoms with Crippen molar-refractivity contribution in [1.82, 2.24) is 15.1 Å². The second kappa shape index (κ2) is 5.25. The highest BCUT2D eigenvalue weighted by atomic mass is 16.1. The molecule has 0 aliphatic heterocycles. The van der Waals surface area contributed by atoms with Crippen LogP contribution in [-0.4, -0.2) is 15.8 Å².